The molecule has 0 bridgehead atoms. The molecule has 1 fully saturated rings. The number of amides is 2. The zero-order chi connectivity index (χ0) is 19.9. The highest BCUT2D eigenvalue weighted by atomic mass is 16.4. The molecule has 1 saturated carbocycles. The molecule has 2 aromatic rings. The van der Waals surface area contributed by atoms with Crippen LogP contribution in [0.3, 0.4) is 0 Å². The Kier molecular flexibility index (Phi) is 6.63. The first kappa shape index (κ1) is 19.9. The molecule has 0 saturated heterocycles. The van der Waals surface area contributed by atoms with E-state index in [9.17, 15) is 19.5 Å². The number of hydrogen-bond acceptors (Lipinski definition) is 3. The molecule has 0 heterocycles. The molecular weight excluding hydrogens is 356 g/mol. The van der Waals surface area contributed by atoms with Gasteiger partial charge in [0.15, 0.2) is 0 Å². The summed E-state index contributed by atoms with van der Waals surface area (Å²) in [7, 11) is 0. The molecule has 2 amide bonds. The number of aliphatic carboxylic acids is 1. The van der Waals surface area contributed by atoms with Crippen LogP contribution >= 0.6 is 0 Å². The Morgan fingerprint density at radius 2 is 1.79 bits per heavy atom. The zero-order valence-electron chi connectivity index (χ0n) is 15.8. The number of nitrogens with one attached hydrogen (secondary N) is 2. The lowest BCUT2D eigenvalue weighted by Gasteiger charge is -2.14. The van der Waals surface area contributed by atoms with Crippen LogP contribution in [-0.4, -0.2) is 36.0 Å². The fourth-order valence-electron chi connectivity index (χ4n) is 3.17. The molecule has 2 aromatic carbocycles. The minimum atomic E-state index is -0.926. The van der Waals surface area contributed by atoms with Crippen molar-refractivity contribution in [3.05, 3.63) is 48.0 Å². The number of carbonyl (C=O) groups excluding carboxylic acids is 2. The summed E-state index contributed by atoms with van der Waals surface area (Å²) in [6.45, 7) is 0.567. The third kappa shape index (κ3) is 5.81. The topological polar surface area (TPSA) is 95.5 Å². The summed E-state index contributed by atoms with van der Waals surface area (Å²) >= 11 is 0. The van der Waals surface area contributed by atoms with Crippen LogP contribution in [0, 0.1) is 11.8 Å². The minimum Gasteiger partial charge on any atom is -0.481 e. The lowest BCUT2D eigenvalue weighted by Crippen LogP contribution is -2.34. The van der Waals surface area contributed by atoms with Crippen molar-refractivity contribution < 1.29 is 19.5 Å². The van der Waals surface area contributed by atoms with Gasteiger partial charge in [0.05, 0.1) is 5.92 Å². The van der Waals surface area contributed by atoms with Crippen LogP contribution in [0.5, 0.6) is 0 Å². The van der Waals surface area contributed by atoms with Crippen molar-refractivity contribution in [2.24, 2.45) is 11.8 Å². The number of benzene rings is 2. The van der Waals surface area contributed by atoms with Gasteiger partial charge in [0.25, 0.3) is 0 Å². The largest absolute Gasteiger partial charge is 0.481 e. The number of carboxylic acid groups (broad SMARTS) is 1. The van der Waals surface area contributed by atoms with Crippen LogP contribution in [-0.2, 0) is 20.8 Å². The molecule has 1 aliphatic rings. The van der Waals surface area contributed by atoms with E-state index in [1.165, 1.54) is 0 Å². The molecule has 0 aliphatic heterocycles. The van der Waals surface area contributed by atoms with Crippen molar-refractivity contribution in [1.29, 1.82) is 0 Å². The molecule has 1 unspecified atom stereocenters. The van der Waals surface area contributed by atoms with Crippen LogP contribution in [0.25, 0.3) is 10.8 Å². The Labute approximate surface area is 164 Å². The molecule has 148 valence electrons. The molecule has 3 N–H and O–H groups in total. The van der Waals surface area contributed by atoms with Gasteiger partial charge < -0.3 is 15.7 Å². The zero-order valence-corrected chi connectivity index (χ0v) is 15.8. The molecule has 6 heteroatoms. The second-order valence-electron chi connectivity index (χ2n) is 7.39. The standard InChI is InChI=1S/C22H26N2O4/c25-20(6-3-11-23-21(26)17-9-10-17)24-14-19(22(27)28)13-15-7-8-16-4-1-2-5-18(16)12-15/h1-2,4-5,7-8,12,17,19H,3,6,9-11,13-14H2,(H,23,26)(H,24,25)(H,27,28). The van der Waals surface area contributed by atoms with E-state index in [4.69, 9.17) is 0 Å². The van der Waals surface area contributed by atoms with Crippen molar-refractivity contribution in [2.45, 2.75) is 32.1 Å². The van der Waals surface area contributed by atoms with Crippen LogP contribution in [0.15, 0.2) is 42.5 Å². The van der Waals surface area contributed by atoms with E-state index in [1.807, 2.05) is 42.5 Å². The van der Waals surface area contributed by atoms with E-state index < -0.39 is 11.9 Å². The second kappa shape index (κ2) is 9.35. The summed E-state index contributed by atoms with van der Waals surface area (Å²) in [5, 5.41) is 17.2. The average molecular weight is 382 g/mol. The highest BCUT2D eigenvalue weighted by molar-refractivity contribution is 5.83. The highest BCUT2D eigenvalue weighted by Crippen LogP contribution is 2.28. The fraction of sp³-hybridized carbons (Fsp3) is 0.409. The number of rotatable bonds is 10. The summed E-state index contributed by atoms with van der Waals surface area (Å²) in [6, 6.07) is 13.8. The molecule has 1 atom stereocenters. The van der Waals surface area contributed by atoms with E-state index >= 15 is 0 Å². The Morgan fingerprint density at radius 1 is 1.04 bits per heavy atom. The Morgan fingerprint density at radius 3 is 2.50 bits per heavy atom. The predicted octanol–water partition coefficient (Wildman–Crippen LogP) is 2.51. The van der Waals surface area contributed by atoms with Crippen molar-refractivity contribution >= 4 is 28.6 Å². The Hall–Kier alpha value is -2.89. The summed E-state index contributed by atoms with van der Waals surface area (Å²) in [5.74, 6) is -1.56. The summed E-state index contributed by atoms with van der Waals surface area (Å²) in [6.07, 6.45) is 3.10. The molecule has 1 aliphatic carbocycles. The van der Waals surface area contributed by atoms with E-state index in [2.05, 4.69) is 10.6 Å². The molecule has 6 nitrogen and oxygen atoms in total. The summed E-state index contributed by atoms with van der Waals surface area (Å²) in [5.41, 5.74) is 0.933. The average Bonchev–Trinajstić information content (AvgIpc) is 3.53. The van der Waals surface area contributed by atoms with Gasteiger partial charge in [-0.3, -0.25) is 14.4 Å². The van der Waals surface area contributed by atoms with E-state index in [0.29, 0.717) is 19.4 Å². The lowest BCUT2D eigenvalue weighted by atomic mass is 9.97. The number of hydrogen-bond donors (Lipinski definition) is 3. The maximum Gasteiger partial charge on any atom is 0.308 e. The maximum atomic E-state index is 12.0. The Bertz CT molecular complexity index is 860. The molecule has 28 heavy (non-hydrogen) atoms. The van der Waals surface area contributed by atoms with Crippen molar-refractivity contribution in [2.75, 3.05) is 13.1 Å². The van der Waals surface area contributed by atoms with Gasteiger partial charge >= 0.3 is 5.97 Å². The quantitative estimate of drug-likeness (QED) is 0.550. The van der Waals surface area contributed by atoms with E-state index in [-0.39, 0.29) is 30.7 Å². The Balaban J connectivity index is 1.43. The number of fused-ring (bicyclic) bond motifs is 1. The smallest absolute Gasteiger partial charge is 0.308 e. The molecule has 0 aromatic heterocycles. The van der Waals surface area contributed by atoms with Crippen LogP contribution in [0.2, 0.25) is 0 Å². The first-order valence-electron chi connectivity index (χ1n) is 9.78. The highest BCUT2D eigenvalue weighted by Gasteiger charge is 2.29. The lowest BCUT2D eigenvalue weighted by molar-refractivity contribution is -0.141. The maximum absolute atomic E-state index is 12.0. The third-order valence-electron chi connectivity index (χ3n) is 5.02. The second-order valence-corrected chi connectivity index (χ2v) is 7.39. The molecule has 0 radical (unpaired) electrons. The van der Waals surface area contributed by atoms with E-state index in [1.54, 1.807) is 0 Å². The minimum absolute atomic E-state index is 0.0711. The van der Waals surface area contributed by atoms with Crippen molar-refractivity contribution in [3.63, 3.8) is 0 Å². The first-order valence-corrected chi connectivity index (χ1v) is 9.78. The van der Waals surface area contributed by atoms with Gasteiger partial charge in [0.1, 0.15) is 0 Å². The van der Waals surface area contributed by atoms with Gasteiger partial charge in [0, 0.05) is 25.4 Å². The number of carboxylic acids is 1. The fourth-order valence-corrected chi connectivity index (χ4v) is 3.17. The van der Waals surface area contributed by atoms with Crippen LogP contribution < -0.4 is 10.6 Å². The van der Waals surface area contributed by atoms with E-state index in [0.717, 1.165) is 29.2 Å². The summed E-state index contributed by atoms with van der Waals surface area (Å²) < 4.78 is 0. The van der Waals surface area contributed by atoms with Gasteiger partial charge in [-0.05, 0) is 42.0 Å². The van der Waals surface area contributed by atoms with Crippen molar-refractivity contribution in [1.82, 2.24) is 10.6 Å². The van der Waals surface area contributed by atoms with Gasteiger partial charge in [-0.1, -0.05) is 42.5 Å². The number of carbonyl (C=O) groups is 3. The molecular formula is C22H26N2O4. The SMILES string of the molecule is O=C(CCCNC(=O)C1CC1)NCC(Cc1ccc2ccccc2c1)C(=O)O. The first-order chi connectivity index (χ1) is 13.5. The van der Waals surface area contributed by atoms with Gasteiger partial charge in [-0.25, -0.2) is 0 Å². The predicted molar refractivity (Wildman–Crippen MR) is 107 cm³/mol. The molecule has 3 rings (SSSR count). The van der Waals surface area contributed by atoms with Gasteiger partial charge in [0.2, 0.25) is 11.8 Å². The molecule has 0 spiro atoms. The summed E-state index contributed by atoms with van der Waals surface area (Å²) in [4.78, 5) is 35.1. The van der Waals surface area contributed by atoms with Crippen LogP contribution in [0.4, 0.5) is 0 Å². The normalized spacial score (nSPS) is 14.4. The van der Waals surface area contributed by atoms with Crippen molar-refractivity contribution in [3.8, 4) is 0 Å². The monoisotopic (exact) mass is 382 g/mol. The van der Waals surface area contributed by atoms with Crippen LogP contribution in [0.1, 0.15) is 31.2 Å². The third-order valence-corrected chi connectivity index (χ3v) is 5.02. The van der Waals surface area contributed by atoms with Gasteiger partial charge in [-0.15, -0.1) is 0 Å². The van der Waals surface area contributed by atoms with Gasteiger partial charge in [-0.2, -0.15) is 0 Å².